The first-order valence-electron chi connectivity index (χ1n) is 21.3. The van der Waals surface area contributed by atoms with E-state index in [-0.39, 0.29) is 0 Å². The maximum absolute atomic E-state index is 2.46. The van der Waals surface area contributed by atoms with Gasteiger partial charge in [-0.3, -0.25) is 0 Å². The van der Waals surface area contributed by atoms with E-state index in [4.69, 9.17) is 0 Å². The molecule has 62 heavy (non-hydrogen) atoms. The van der Waals surface area contributed by atoms with Crippen molar-refractivity contribution >= 4 is 80.9 Å². The monoisotopic (exact) mass is 805 g/mol. The average molecular weight is 806 g/mol. The number of nitrogens with zero attached hydrogens (tertiary/aromatic N) is 1. The van der Waals surface area contributed by atoms with Crippen molar-refractivity contribution in [2.24, 2.45) is 0 Å². The Morgan fingerprint density at radius 1 is 0.290 bits per heavy atom. The Kier molecular flexibility index (Phi) is 8.76. The Morgan fingerprint density at radius 2 is 0.855 bits per heavy atom. The van der Waals surface area contributed by atoms with Crippen molar-refractivity contribution in [2.75, 3.05) is 4.90 Å². The highest BCUT2D eigenvalue weighted by atomic mass is 32.1. The van der Waals surface area contributed by atoms with E-state index < -0.39 is 0 Å². The van der Waals surface area contributed by atoms with Gasteiger partial charge in [-0.15, -0.1) is 11.3 Å². The Balaban J connectivity index is 1.04. The summed E-state index contributed by atoms with van der Waals surface area (Å²) in [5, 5.41) is 10.1. The van der Waals surface area contributed by atoms with E-state index in [9.17, 15) is 0 Å². The molecule has 12 aromatic rings. The molecule has 0 aliphatic carbocycles. The fourth-order valence-corrected chi connectivity index (χ4v) is 10.8. The van der Waals surface area contributed by atoms with Crippen molar-refractivity contribution < 1.29 is 0 Å². The predicted octanol–water partition coefficient (Wildman–Crippen LogP) is 17.7. The van der Waals surface area contributed by atoms with Gasteiger partial charge in [-0.2, -0.15) is 0 Å². The Morgan fingerprint density at radius 3 is 1.60 bits per heavy atom. The fraction of sp³-hybridized carbons (Fsp3) is 0. The van der Waals surface area contributed by atoms with Gasteiger partial charge in [0.15, 0.2) is 0 Å². The molecule has 1 heterocycles. The first-order chi connectivity index (χ1) is 30.8. The number of fused-ring (bicyclic) bond motifs is 7. The second-order valence-electron chi connectivity index (χ2n) is 16.0. The molecule has 0 amide bonds. The Bertz CT molecular complexity index is 3620. The average Bonchev–Trinajstić information content (AvgIpc) is 3.74. The molecule has 1 aromatic heterocycles. The van der Waals surface area contributed by atoms with Crippen molar-refractivity contribution in [3.63, 3.8) is 0 Å². The second kappa shape index (κ2) is 15.0. The van der Waals surface area contributed by atoms with Crippen LogP contribution in [0.2, 0.25) is 0 Å². The lowest BCUT2D eigenvalue weighted by Crippen LogP contribution is -2.10. The van der Waals surface area contributed by atoms with Gasteiger partial charge in [0.25, 0.3) is 0 Å². The van der Waals surface area contributed by atoms with Crippen LogP contribution >= 0.6 is 11.3 Å². The third-order valence-corrected chi connectivity index (χ3v) is 13.6. The predicted molar refractivity (Wildman–Crippen MR) is 268 cm³/mol. The molecule has 0 fully saturated rings. The van der Waals surface area contributed by atoms with Gasteiger partial charge in [0.2, 0.25) is 0 Å². The highest BCUT2D eigenvalue weighted by Gasteiger charge is 2.22. The molecular formula is C60H39NS. The van der Waals surface area contributed by atoms with E-state index in [1.165, 1.54) is 103 Å². The third kappa shape index (κ3) is 6.07. The standard InChI is InChI=1S/C60H39NS/c1-3-16-41(17-4-1)48-28-14-20-44-38-43(34-37-49(44)48)40-32-35-46(36-33-40)61(56-30-15-29-55-52-25-11-12-31-57(52)62-60(55)56)47-22-13-21-45(39-47)59-54-27-10-8-24-51(54)50-23-7-9-26-53(50)58(59)42-18-5-2-6-19-42/h1-39H. The van der Waals surface area contributed by atoms with E-state index in [0.29, 0.717) is 0 Å². The number of anilines is 3. The molecular weight excluding hydrogens is 767 g/mol. The molecule has 2 heteroatoms. The molecule has 0 N–H and O–H groups in total. The molecule has 0 aliphatic rings. The van der Waals surface area contributed by atoms with Crippen LogP contribution in [-0.2, 0) is 0 Å². The highest BCUT2D eigenvalue weighted by Crippen LogP contribution is 2.48. The van der Waals surface area contributed by atoms with Crippen molar-refractivity contribution in [1.82, 2.24) is 0 Å². The molecule has 290 valence electrons. The molecule has 0 aliphatic heterocycles. The van der Waals surface area contributed by atoms with Crippen LogP contribution < -0.4 is 4.90 Å². The Labute approximate surface area is 365 Å². The summed E-state index contributed by atoms with van der Waals surface area (Å²) >= 11 is 1.87. The van der Waals surface area contributed by atoms with Crippen molar-refractivity contribution in [3.8, 4) is 44.5 Å². The van der Waals surface area contributed by atoms with Crippen LogP contribution in [-0.4, -0.2) is 0 Å². The molecule has 0 saturated carbocycles. The van der Waals surface area contributed by atoms with Crippen LogP contribution in [0.5, 0.6) is 0 Å². The summed E-state index contributed by atoms with van der Waals surface area (Å²) in [4.78, 5) is 2.46. The molecule has 1 nitrogen and oxygen atoms in total. The molecule has 12 rings (SSSR count). The summed E-state index contributed by atoms with van der Waals surface area (Å²) in [6.07, 6.45) is 0. The Hall–Kier alpha value is -7.78. The first kappa shape index (κ1) is 36.1. The summed E-state index contributed by atoms with van der Waals surface area (Å²) in [5.74, 6) is 0. The number of thiophene rings is 1. The maximum atomic E-state index is 2.46. The second-order valence-corrected chi connectivity index (χ2v) is 17.1. The minimum atomic E-state index is 1.11. The molecule has 0 unspecified atom stereocenters. The van der Waals surface area contributed by atoms with Crippen LogP contribution in [0.1, 0.15) is 0 Å². The van der Waals surface area contributed by atoms with Gasteiger partial charge in [-0.1, -0.05) is 194 Å². The minimum Gasteiger partial charge on any atom is -0.309 e. The zero-order valence-corrected chi connectivity index (χ0v) is 34.7. The van der Waals surface area contributed by atoms with Gasteiger partial charge in [0.1, 0.15) is 0 Å². The largest absolute Gasteiger partial charge is 0.309 e. The zero-order valence-electron chi connectivity index (χ0n) is 33.9. The van der Waals surface area contributed by atoms with Gasteiger partial charge >= 0.3 is 0 Å². The van der Waals surface area contributed by atoms with Gasteiger partial charge in [0, 0.05) is 26.8 Å². The van der Waals surface area contributed by atoms with E-state index in [0.717, 1.165) is 11.4 Å². The van der Waals surface area contributed by atoms with Gasteiger partial charge in [-0.25, -0.2) is 0 Å². The van der Waals surface area contributed by atoms with E-state index >= 15 is 0 Å². The fourth-order valence-electron chi connectivity index (χ4n) is 9.62. The number of benzene rings is 11. The van der Waals surface area contributed by atoms with Crippen molar-refractivity contribution in [1.29, 1.82) is 0 Å². The maximum Gasteiger partial charge on any atom is 0.0640 e. The first-order valence-corrected chi connectivity index (χ1v) is 22.1. The van der Waals surface area contributed by atoms with Crippen LogP contribution in [0.3, 0.4) is 0 Å². The lowest BCUT2D eigenvalue weighted by molar-refractivity contribution is 1.30. The summed E-state index contributed by atoms with van der Waals surface area (Å²) in [5.41, 5.74) is 13.1. The van der Waals surface area contributed by atoms with Crippen molar-refractivity contribution in [2.45, 2.75) is 0 Å². The van der Waals surface area contributed by atoms with Crippen LogP contribution in [0, 0.1) is 0 Å². The zero-order chi connectivity index (χ0) is 41.0. The summed E-state index contributed by atoms with van der Waals surface area (Å²) < 4.78 is 2.56. The molecule has 0 atom stereocenters. The lowest BCUT2D eigenvalue weighted by Gasteiger charge is -2.27. The van der Waals surface area contributed by atoms with Gasteiger partial charge in [-0.05, 0) is 119 Å². The third-order valence-electron chi connectivity index (χ3n) is 12.4. The summed E-state index contributed by atoms with van der Waals surface area (Å²) in [6.45, 7) is 0. The van der Waals surface area contributed by atoms with E-state index in [2.05, 4.69) is 241 Å². The summed E-state index contributed by atoms with van der Waals surface area (Å²) in [7, 11) is 0. The smallest absolute Gasteiger partial charge is 0.0640 e. The van der Waals surface area contributed by atoms with Crippen molar-refractivity contribution in [3.05, 3.63) is 237 Å². The lowest BCUT2D eigenvalue weighted by atomic mass is 9.85. The normalized spacial score (nSPS) is 11.5. The van der Waals surface area contributed by atoms with Gasteiger partial charge < -0.3 is 4.90 Å². The molecule has 0 radical (unpaired) electrons. The topological polar surface area (TPSA) is 3.24 Å². The van der Waals surface area contributed by atoms with E-state index in [1.54, 1.807) is 0 Å². The number of rotatable bonds is 7. The molecule has 11 aromatic carbocycles. The van der Waals surface area contributed by atoms with E-state index in [1.807, 2.05) is 11.3 Å². The number of hydrogen-bond donors (Lipinski definition) is 0. The molecule has 0 bridgehead atoms. The number of hydrogen-bond acceptors (Lipinski definition) is 2. The summed E-state index contributed by atoms with van der Waals surface area (Å²) in [6, 6.07) is 86.7. The van der Waals surface area contributed by atoms with Crippen LogP contribution in [0.15, 0.2) is 237 Å². The quantitative estimate of drug-likeness (QED) is 0.145. The molecule has 0 saturated heterocycles. The molecule has 0 spiro atoms. The van der Waals surface area contributed by atoms with Crippen LogP contribution in [0.25, 0.3) is 97.0 Å². The SMILES string of the molecule is c1ccc(-c2cccc3cc(-c4ccc(N(c5cccc(-c6c(-c7ccccc7)c7ccccc7c7ccccc67)c5)c5cccc6c5sc5ccccc56)cc4)ccc23)cc1. The highest BCUT2D eigenvalue weighted by molar-refractivity contribution is 7.26. The van der Waals surface area contributed by atoms with Gasteiger partial charge in [0.05, 0.1) is 10.4 Å². The minimum absolute atomic E-state index is 1.11. The van der Waals surface area contributed by atoms with Crippen LogP contribution in [0.4, 0.5) is 17.1 Å².